The summed E-state index contributed by atoms with van der Waals surface area (Å²) in [4.78, 5) is 7.30. The highest BCUT2D eigenvalue weighted by Gasteiger charge is 2.23. The second-order valence-corrected chi connectivity index (χ2v) is 30.7. The quantitative estimate of drug-likeness (QED) is 0.0475. The van der Waals surface area contributed by atoms with E-state index in [-0.39, 0.29) is 0 Å². The second kappa shape index (κ2) is 38.0. The predicted molar refractivity (Wildman–Crippen MR) is 519 cm³/mol. The van der Waals surface area contributed by atoms with Crippen molar-refractivity contribution in [1.29, 1.82) is 0 Å². The minimum atomic E-state index is 0.903. The van der Waals surface area contributed by atoms with Gasteiger partial charge in [0.1, 0.15) is 0 Å². The van der Waals surface area contributed by atoms with E-state index < -0.39 is 0 Å². The molecule has 16 aromatic rings. The molecule has 0 saturated heterocycles. The van der Waals surface area contributed by atoms with E-state index in [1.165, 1.54) is 101 Å². The van der Waals surface area contributed by atoms with Gasteiger partial charge in [0, 0.05) is 34.1 Å². The molecule has 0 aliphatic heterocycles. The van der Waals surface area contributed by atoms with E-state index in [4.69, 9.17) is 0 Å². The van der Waals surface area contributed by atoms with E-state index in [0.29, 0.717) is 0 Å². The van der Waals surface area contributed by atoms with Crippen molar-refractivity contribution in [3.63, 3.8) is 0 Å². The number of rotatable bonds is 27. The molecule has 0 atom stereocenters. The highest BCUT2D eigenvalue weighted by atomic mass is 15.2. The van der Waals surface area contributed by atoms with Gasteiger partial charge in [0.25, 0.3) is 0 Å². The van der Waals surface area contributed by atoms with Gasteiger partial charge in [-0.15, -0.1) is 0 Å². The molecule has 120 heavy (non-hydrogen) atoms. The Labute approximate surface area is 710 Å². The Balaban J connectivity index is 0.724. The van der Waals surface area contributed by atoms with Gasteiger partial charge >= 0.3 is 0 Å². The van der Waals surface area contributed by atoms with Crippen molar-refractivity contribution in [1.82, 2.24) is 0 Å². The van der Waals surface area contributed by atoms with Crippen molar-refractivity contribution in [3.8, 4) is 0 Å². The van der Waals surface area contributed by atoms with E-state index in [9.17, 15) is 0 Å². The normalized spacial score (nSPS) is 11.2. The van der Waals surface area contributed by atoms with Gasteiger partial charge in [-0.3, -0.25) is 0 Å². The van der Waals surface area contributed by atoms with Gasteiger partial charge in [0.05, 0.1) is 17.1 Å². The van der Waals surface area contributed by atoms with Gasteiger partial charge in [0.15, 0.2) is 0 Å². The topological polar surface area (TPSA) is 9.72 Å². The molecule has 0 unspecified atom stereocenters. The highest BCUT2D eigenvalue weighted by Crippen LogP contribution is 2.45. The third-order valence-corrected chi connectivity index (χ3v) is 22.5. The molecular formula is C117H99N3. The number of aryl methyl sites for hydroxylation is 6. The lowest BCUT2D eigenvalue weighted by Crippen LogP contribution is -2.13. The highest BCUT2D eigenvalue weighted by molar-refractivity contribution is 5.96. The molecule has 16 aromatic carbocycles. The fourth-order valence-electron chi connectivity index (χ4n) is 16.3. The Morgan fingerprint density at radius 3 is 0.567 bits per heavy atom. The molecule has 0 spiro atoms. The first kappa shape index (κ1) is 79.2. The minimum absolute atomic E-state index is 0.903. The molecule has 3 heteroatoms. The zero-order valence-electron chi connectivity index (χ0n) is 69.3. The van der Waals surface area contributed by atoms with E-state index in [1.54, 1.807) is 0 Å². The third kappa shape index (κ3) is 18.7. The van der Waals surface area contributed by atoms with E-state index in [0.717, 1.165) is 103 Å². The lowest BCUT2D eigenvalue weighted by atomic mass is 9.95. The van der Waals surface area contributed by atoms with E-state index in [2.05, 4.69) is 511 Å². The number of benzene rings is 16. The van der Waals surface area contributed by atoms with Gasteiger partial charge < -0.3 is 14.7 Å². The molecule has 0 aliphatic rings. The summed E-state index contributed by atoms with van der Waals surface area (Å²) in [5, 5.41) is 0. The molecule has 0 radical (unpaired) electrons. The Bertz CT molecular complexity index is 5560. The summed E-state index contributed by atoms with van der Waals surface area (Å²) < 4.78 is 0. The molecule has 0 amide bonds. The maximum atomic E-state index is 2.43. The van der Waals surface area contributed by atoms with Crippen molar-refractivity contribution >= 4 is 123 Å². The van der Waals surface area contributed by atoms with Crippen molar-refractivity contribution in [2.75, 3.05) is 14.7 Å². The van der Waals surface area contributed by atoms with Crippen LogP contribution in [0.4, 0.5) is 51.2 Å². The van der Waals surface area contributed by atoms with Crippen LogP contribution in [0.3, 0.4) is 0 Å². The van der Waals surface area contributed by atoms with Crippen LogP contribution in [-0.4, -0.2) is 0 Å². The van der Waals surface area contributed by atoms with Crippen molar-refractivity contribution in [2.45, 2.75) is 60.8 Å². The largest absolute Gasteiger partial charge is 0.310 e. The molecule has 0 N–H and O–H groups in total. The fraction of sp³-hybridized carbons (Fsp3) is 0.0769. The smallest absolute Gasteiger partial charge is 0.0522 e. The van der Waals surface area contributed by atoms with Gasteiger partial charge in [-0.2, -0.15) is 0 Å². The van der Waals surface area contributed by atoms with Crippen molar-refractivity contribution in [2.24, 2.45) is 0 Å². The summed E-state index contributed by atoms with van der Waals surface area (Å²) in [5.41, 5.74) is 38.4. The number of hydrogen-bond acceptors (Lipinski definition) is 3. The average Bonchev–Trinajstić information content (AvgIpc) is 0.788. The summed E-state index contributed by atoms with van der Waals surface area (Å²) in [5.74, 6) is 0. The summed E-state index contributed by atoms with van der Waals surface area (Å²) in [7, 11) is 0. The maximum Gasteiger partial charge on any atom is 0.0522 e. The van der Waals surface area contributed by atoms with Crippen LogP contribution in [0.1, 0.15) is 138 Å². The first-order valence-electron chi connectivity index (χ1n) is 42.0. The van der Waals surface area contributed by atoms with Crippen LogP contribution in [0.2, 0.25) is 0 Å². The summed E-state index contributed by atoms with van der Waals surface area (Å²) in [6.07, 6.45) is 23.1. The third-order valence-electron chi connectivity index (χ3n) is 22.5. The minimum Gasteiger partial charge on any atom is -0.310 e. The van der Waals surface area contributed by atoms with Crippen LogP contribution < -0.4 is 14.7 Å². The Hall–Kier alpha value is -14.6. The molecule has 16 rings (SSSR count). The summed E-state index contributed by atoms with van der Waals surface area (Å²) in [6, 6.07) is 145. The van der Waals surface area contributed by atoms with Gasteiger partial charge in [-0.05, 0) is 283 Å². The number of hydrogen-bond donors (Lipinski definition) is 0. The lowest BCUT2D eigenvalue weighted by Gasteiger charge is -2.29. The molecule has 0 saturated carbocycles. The molecule has 0 aliphatic carbocycles. The molecule has 3 nitrogen and oxygen atoms in total. The molecule has 582 valence electrons. The van der Waals surface area contributed by atoms with Crippen LogP contribution in [-0.2, 0) is 19.3 Å². The Morgan fingerprint density at radius 1 is 0.192 bits per heavy atom. The van der Waals surface area contributed by atoms with E-state index >= 15 is 0 Å². The number of nitrogens with zero attached hydrogens (tertiary/aromatic N) is 3. The van der Waals surface area contributed by atoms with Gasteiger partial charge in [0.2, 0.25) is 0 Å². The van der Waals surface area contributed by atoms with Crippen LogP contribution >= 0.6 is 0 Å². The summed E-state index contributed by atoms with van der Waals surface area (Å²) >= 11 is 0. The molecule has 0 aromatic heterocycles. The Morgan fingerprint density at radius 2 is 0.375 bits per heavy atom. The maximum absolute atomic E-state index is 2.43. The SMILES string of the molecule is CCc1cccc(C)c1N(c1ccc(C=C(c2ccccc2)c2ccccc2)cc1)c1ccc(/C=C/c2cc(/C=C/c3ccc(N(c4ccc(C=C(c5ccccc5)c5ccccc5)cc4)c4c(C)cccc4CC)cc3)cc(/C=C/c3ccc(N(c4ccc(C=C(c5ccccc5)c5ccccc5)cc4)c4c(C)cccc4CC)cc3)c2)cc1. The first-order chi connectivity index (χ1) is 59.1. The molecule has 0 fully saturated rings. The van der Waals surface area contributed by atoms with E-state index in [1.807, 2.05) is 0 Å². The number of anilines is 9. The van der Waals surface area contributed by atoms with Crippen LogP contribution in [0.5, 0.6) is 0 Å². The first-order valence-corrected chi connectivity index (χ1v) is 42.0. The van der Waals surface area contributed by atoms with Gasteiger partial charge in [-0.25, -0.2) is 0 Å². The molecular weight excluding hydrogens is 1450 g/mol. The van der Waals surface area contributed by atoms with Crippen LogP contribution in [0.15, 0.2) is 400 Å². The van der Waals surface area contributed by atoms with Crippen LogP contribution in [0, 0.1) is 20.8 Å². The molecule has 0 heterocycles. The summed E-state index contributed by atoms with van der Waals surface area (Å²) in [6.45, 7) is 13.4. The Kier molecular flexibility index (Phi) is 25.1. The lowest BCUT2D eigenvalue weighted by molar-refractivity contribution is 1.10. The second-order valence-electron chi connectivity index (χ2n) is 30.7. The average molecular weight is 1550 g/mol. The van der Waals surface area contributed by atoms with Crippen molar-refractivity contribution in [3.05, 3.63) is 517 Å². The number of para-hydroxylation sites is 3. The monoisotopic (exact) mass is 1550 g/mol. The fourth-order valence-corrected chi connectivity index (χ4v) is 16.3. The standard InChI is InChI=1S/C117H99N3/c1-7-97-46-28-31-85(4)115(97)118(109-73-61-91(62-74-109)82-112(100-34-16-10-17-35-100)101-36-18-11-19-37-101)106-67-55-88(56-68-106)49-52-94-79-95(53-50-89-57-69-107(70-58-89)119(116-86(5)32-29-47-98(116)8-2)110-75-63-92(64-76-110)83-113(102-38-20-12-21-39-102)103-40-22-13-23-41-103)81-96(80-94)54-51-90-59-71-108(72-60-90)120(117-87(6)33-30-48-99(117)9-3)111-77-65-93(66-78-111)84-114(104-42-24-14-25-43-104)105-44-26-15-27-45-105/h10-84H,7-9H2,1-6H3/b52-49+,53-50+,54-51+. The van der Waals surface area contributed by atoms with Crippen molar-refractivity contribution < 1.29 is 0 Å². The zero-order valence-corrected chi connectivity index (χ0v) is 69.3. The van der Waals surface area contributed by atoms with Gasteiger partial charge in [-0.1, -0.05) is 367 Å². The van der Waals surface area contributed by atoms with Crippen LogP contribution in [0.25, 0.3) is 71.4 Å². The predicted octanol–water partition coefficient (Wildman–Crippen LogP) is 32.0. The molecule has 0 bridgehead atoms. The zero-order chi connectivity index (χ0) is 81.9.